The Hall–Kier alpha value is -1.51. The van der Waals surface area contributed by atoms with Gasteiger partial charge < -0.3 is 11.1 Å². The summed E-state index contributed by atoms with van der Waals surface area (Å²) < 4.78 is 0. The molecule has 0 spiro atoms. The lowest BCUT2D eigenvalue weighted by Gasteiger charge is -2.19. The summed E-state index contributed by atoms with van der Waals surface area (Å²) in [6.07, 6.45) is 0. The lowest BCUT2D eigenvalue weighted by molar-refractivity contribution is 0.590. The minimum absolute atomic E-state index is 0.182. The number of anilines is 1. The van der Waals surface area contributed by atoms with Crippen LogP contribution in [0.15, 0.2) is 29.3 Å². The van der Waals surface area contributed by atoms with E-state index in [1.165, 1.54) is 5.56 Å². The predicted octanol–water partition coefficient (Wildman–Crippen LogP) is 2.73. The van der Waals surface area contributed by atoms with Crippen molar-refractivity contribution in [2.45, 2.75) is 33.1 Å². The number of rotatable bonds is 2. The summed E-state index contributed by atoms with van der Waals surface area (Å²) in [5.41, 5.74) is 8.15. The zero-order chi connectivity index (χ0) is 12.2. The summed E-state index contributed by atoms with van der Waals surface area (Å²) >= 11 is 0. The van der Waals surface area contributed by atoms with Crippen molar-refractivity contribution in [1.82, 2.24) is 0 Å². The normalized spacial score (nSPS) is 12.6. The number of guanidine groups is 1. The van der Waals surface area contributed by atoms with Crippen LogP contribution in [0.5, 0.6) is 0 Å². The van der Waals surface area contributed by atoms with Crippen LogP contribution < -0.4 is 11.1 Å². The number of hydrogen-bond acceptors (Lipinski definition) is 1. The molecular formula is C13H21N3. The van der Waals surface area contributed by atoms with Gasteiger partial charge in [0.1, 0.15) is 0 Å². The molecule has 16 heavy (non-hydrogen) atoms. The Morgan fingerprint density at radius 2 is 1.81 bits per heavy atom. The summed E-state index contributed by atoms with van der Waals surface area (Å²) in [5, 5.41) is 3.05. The number of nitrogens with one attached hydrogen (secondary N) is 1. The third-order valence-electron chi connectivity index (χ3n) is 2.35. The quantitative estimate of drug-likeness (QED) is 0.593. The Balaban J connectivity index is 2.76. The Morgan fingerprint density at radius 1 is 1.25 bits per heavy atom. The van der Waals surface area contributed by atoms with Crippen LogP contribution in [-0.4, -0.2) is 12.5 Å². The molecule has 88 valence electrons. The highest BCUT2D eigenvalue weighted by Crippen LogP contribution is 2.23. The number of nitrogens with two attached hydrogens (primary N) is 1. The Kier molecular flexibility index (Phi) is 3.93. The van der Waals surface area contributed by atoms with E-state index in [2.05, 4.69) is 43.2 Å². The molecule has 0 aliphatic rings. The van der Waals surface area contributed by atoms with Gasteiger partial charge >= 0.3 is 0 Å². The maximum atomic E-state index is 5.68. The smallest absolute Gasteiger partial charge is 0.193 e. The first-order chi connectivity index (χ1) is 7.43. The fourth-order valence-electron chi connectivity index (χ4n) is 1.41. The topological polar surface area (TPSA) is 50.4 Å². The fourth-order valence-corrected chi connectivity index (χ4v) is 1.41. The molecule has 0 unspecified atom stereocenters. The van der Waals surface area contributed by atoms with Crippen LogP contribution in [0.25, 0.3) is 0 Å². The van der Waals surface area contributed by atoms with Crippen molar-refractivity contribution in [3.63, 3.8) is 0 Å². The molecule has 0 saturated heterocycles. The van der Waals surface area contributed by atoms with Gasteiger partial charge in [-0.05, 0) is 30.0 Å². The van der Waals surface area contributed by atoms with Gasteiger partial charge in [-0.25, -0.2) is 0 Å². The van der Waals surface area contributed by atoms with Crippen LogP contribution in [0.2, 0.25) is 0 Å². The SMILES string of the molecule is CCN=C(N)Nc1ccc(C(C)(C)C)cc1. The van der Waals surface area contributed by atoms with E-state index in [-0.39, 0.29) is 5.41 Å². The molecule has 3 nitrogen and oxygen atoms in total. The average Bonchev–Trinajstić information content (AvgIpc) is 2.17. The Bertz CT molecular complexity index is 358. The lowest BCUT2D eigenvalue weighted by Crippen LogP contribution is -2.22. The van der Waals surface area contributed by atoms with Crippen LogP contribution in [0.3, 0.4) is 0 Å². The molecule has 1 rings (SSSR count). The molecule has 0 aliphatic heterocycles. The minimum Gasteiger partial charge on any atom is -0.370 e. The van der Waals surface area contributed by atoms with E-state index in [1.807, 2.05) is 19.1 Å². The van der Waals surface area contributed by atoms with E-state index in [1.54, 1.807) is 0 Å². The molecule has 0 saturated carbocycles. The fraction of sp³-hybridized carbons (Fsp3) is 0.462. The van der Waals surface area contributed by atoms with Crippen molar-refractivity contribution in [2.75, 3.05) is 11.9 Å². The molecule has 0 bridgehead atoms. The first-order valence-corrected chi connectivity index (χ1v) is 5.61. The Morgan fingerprint density at radius 3 is 2.25 bits per heavy atom. The summed E-state index contributed by atoms with van der Waals surface area (Å²) in [4.78, 5) is 4.07. The van der Waals surface area contributed by atoms with E-state index in [0.717, 1.165) is 5.69 Å². The van der Waals surface area contributed by atoms with Crippen LogP contribution in [-0.2, 0) is 5.41 Å². The first kappa shape index (κ1) is 12.6. The summed E-state index contributed by atoms with van der Waals surface area (Å²) in [5.74, 6) is 0.464. The zero-order valence-corrected chi connectivity index (χ0v) is 10.5. The van der Waals surface area contributed by atoms with Gasteiger partial charge in [0.15, 0.2) is 5.96 Å². The average molecular weight is 219 g/mol. The summed E-state index contributed by atoms with van der Waals surface area (Å²) in [7, 11) is 0. The van der Waals surface area contributed by atoms with Gasteiger partial charge in [0.05, 0.1) is 0 Å². The van der Waals surface area contributed by atoms with E-state index in [4.69, 9.17) is 5.73 Å². The van der Waals surface area contributed by atoms with Crippen molar-refractivity contribution in [3.05, 3.63) is 29.8 Å². The van der Waals surface area contributed by atoms with Crippen molar-refractivity contribution < 1.29 is 0 Å². The van der Waals surface area contributed by atoms with E-state index < -0.39 is 0 Å². The van der Waals surface area contributed by atoms with E-state index in [9.17, 15) is 0 Å². The van der Waals surface area contributed by atoms with Gasteiger partial charge in [0.2, 0.25) is 0 Å². The van der Waals surface area contributed by atoms with Crippen molar-refractivity contribution >= 4 is 11.6 Å². The largest absolute Gasteiger partial charge is 0.370 e. The third kappa shape index (κ3) is 3.57. The highest BCUT2D eigenvalue weighted by Gasteiger charge is 2.12. The molecule has 0 aliphatic carbocycles. The van der Waals surface area contributed by atoms with Crippen LogP contribution in [0.1, 0.15) is 33.3 Å². The first-order valence-electron chi connectivity index (χ1n) is 5.61. The van der Waals surface area contributed by atoms with Gasteiger partial charge in [-0.3, -0.25) is 4.99 Å². The third-order valence-corrected chi connectivity index (χ3v) is 2.35. The van der Waals surface area contributed by atoms with Gasteiger partial charge in [-0.1, -0.05) is 32.9 Å². The van der Waals surface area contributed by atoms with Gasteiger partial charge in [0.25, 0.3) is 0 Å². The maximum Gasteiger partial charge on any atom is 0.193 e. The van der Waals surface area contributed by atoms with Crippen LogP contribution in [0.4, 0.5) is 5.69 Å². The molecule has 3 heteroatoms. The molecule has 0 fully saturated rings. The Labute approximate surface area is 97.8 Å². The number of aliphatic imine (C=N–C) groups is 1. The van der Waals surface area contributed by atoms with Crippen LogP contribution >= 0.6 is 0 Å². The molecule has 1 aromatic carbocycles. The number of benzene rings is 1. The monoisotopic (exact) mass is 219 g/mol. The maximum absolute atomic E-state index is 5.68. The minimum atomic E-state index is 0.182. The lowest BCUT2D eigenvalue weighted by atomic mass is 9.87. The van der Waals surface area contributed by atoms with Crippen molar-refractivity contribution in [2.24, 2.45) is 10.7 Å². The molecule has 0 aromatic heterocycles. The van der Waals surface area contributed by atoms with E-state index >= 15 is 0 Å². The molecular weight excluding hydrogens is 198 g/mol. The van der Waals surface area contributed by atoms with Gasteiger partial charge in [-0.2, -0.15) is 0 Å². The van der Waals surface area contributed by atoms with Crippen molar-refractivity contribution in [1.29, 1.82) is 0 Å². The van der Waals surface area contributed by atoms with Gasteiger partial charge in [-0.15, -0.1) is 0 Å². The summed E-state index contributed by atoms with van der Waals surface area (Å²) in [6, 6.07) is 8.28. The highest BCUT2D eigenvalue weighted by molar-refractivity contribution is 5.92. The number of hydrogen-bond donors (Lipinski definition) is 2. The van der Waals surface area contributed by atoms with Gasteiger partial charge in [0, 0.05) is 12.2 Å². The highest BCUT2D eigenvalue weighted by atomic mass is 15.1. The molecule has 0 atom stereocenters. The summed E-state index contributed by atoms with van der Waals surface area (Å²) in [6.45, 7) is 9.24. The molecule has 0 amide bonds. The second-order valence-corrected chi connectivity index (χ2v) is 4.81. The van der Waals surface area contributed by atoms with E-state index in [0.29, 0.717) is 12.5 Å². The van der Waals surface area contributed by atoms with Crippen molar-refractivity contribution in [3.8, 4) is 0 Å². The predicted molar refractivity (Wildman–Crippen MR) is 70.9 cm³/mol. The molecule has 0 radical (unpaired) electrons. The second kappa shape index (κ2) is 5.01. The molecule has 3 N–H and O–H groups in total. The standard InChI is InChI=1S/C13H21N3/c1-5-15-12(14)16-11-8-6-10(7-9-11)13(2,3)4/h6-9H,5H2,1-4H3,(H3,14,15,16). The second-order valence-electron chi connectivity index (χ2n) is 4.81. The zero-order valence-electron chi connectivity index (χ0n) is 10.5. The molecule has 1 aromatic rings. The molecule has 0 heterocycles. The van der Waals surface area contributed by atoms with Crippen LogP contribution in [0, 0.1) is 0 Å². The number of nitrogens with zero attached hydrogens (tertiary/aromatic N) is 1.